The van der Waals surface area contributed by atoms with E-state index in [0.29, 0.717) is 23.3 Å². The molecule has 0 aliphatic carbocycles. The Morgan fingerprint density at radius 1 is 1.53 bits per heavy atom. The van der Waals surface area contributed by atoms with Crippen molar-refractivity contribution in [1.29, 1.82) is 0 Å². The van der Waals surface area contributed by atoms with Crippen LogP contribution in [-0.2, 0) is 4.84 Å². The third-order valence-corrected chi connectivity index (χ3v) is 3.41. The summed E-state index contributed by atoms with van der Waals surface area (Å²) < 4.78 is 5.14. The molecule has 1 aliphatic heterocycles. The van der Waals surface area contributed by atoms with E-state index < -0.39 is 0 Å². The molecule has 1 atom stereocenters. The molecule has 0 aromatic heterocycles. The molecule has 1 aliphatic rings. The van der Waals surface area contributed by atoms with Gasteiger partial charge in [0.2, 0.25) is 0 Å². The van der Waals surface area contributed by atoms with Crippen molar-refractivity contribution in [2.75, 3.05) is 31.7 Å². The summed E-state index contributed by atoms with van der Waals surface area (Å²) in [6.45, 7) is 2.58. The van der Waals surface area contributed by atoms with Gasteiger partial charge in [0.25, 0.3) is 0 Å². The fourth-order valence-electron chi connectivity index (χ4n) is 2.19. The molecule has 1 heterocycles. The number of halogens is 1. The number of methoxy groups -OCH3 is 1. The lowest BCUT2D eigenvalue weighted by molar-refractivity contribution is 0.108. The van der Waals surface area contributed by atoms with Crippen LogP contribution in [0.25, 0.3) is 0 Å². The predicted molar refractivity (Wildman–Crippen MR) is 68.5 cm³/mol. The molecule has 94 valence electrons. The van der Waals surface area contributed by atoms with Gasteiger partial charge in [-0.25, -0.2) is 5.90 Å². The maximum atomic E-state index is 6.11. The molecule has 0 spiro atoms. The summed E-state index contributed by atoms with van der Waals surface area (Å²) in [6, 6.07) is 5.85. The second-order valence-electron chi connectivity index (χ2n) is 4.25. The Bertz CT molecular complexity index is 387. The van der Waals surface area contributed by atoms with E-state index in [1.807, 2.05) is 18.2 Å². The summed E-state index contributed by atoms with van der Waals surface area (Å²) in [5.41, 5.74) is 1.12. The number of ether oxygens (including phenoxy) is 1. The molecule has 1 unspecified atom stereocenters. The van der Waals surface area contributed by atoms with Crippen LogP contribution in [-0.4, -0.2) is 26.8 Å². The first-order chi connectivity index (χ1) is 8.24. The van der Waals surface area contributed by atoms with Gasteiger partial charge in [-0.05, 0) is 24.6 Å². The van der Waals surface area contributed by atoms with Crippen molar-refractivity contribution in [3.8, 4) is 5.75 Å². The fourth-order valence-corrected chi connectivity index (χ4v) is 2.44. The topological polar surface area (TPSA) is 47.7 Å². The summed E-state index contributed by atoms with van der Waals surface area (Å²) in [4.78, 5) is 6.98. The summed E-state index contributed by atoms with van der Waals surface area (Å²) in [6.07, 6.45) is 1.10. The second-order valence-corrected chi connectivity index (χ2v) is 4.66. The molecule has 0 saturated carbocycles. The first-order valence-electron chi connectivity index (χ1n) is 5.64. The van der Waals surface area contributed by atoms with Gasteiger partial charge in [0.15, 0.2) is 0 Å². The molecule has 1 aromatic carbocycles. The highest BCUT2D eigenvalue weighted by Gasteiger charge is 2.23. The first kappa shape index (κ1) is 12.5. The maximum Gasteiger partial charge on any atom is 0.137 e. The van der Waals surface area contributed by atoms with E-state index in [4.69, 9.17) is 27.1 Å². The molecule has 2 N–H and O–H groups in total. The normalized spacial score (nSPS) is 19.7. The van der Waals surface area contributed by atoms with E-state index in [2.05, 4.69) is 4.90 Å². The minimum atomic E-state index is 0.501. The highest BCUT2D eigenvalue weighted by Crippen LogP contribution is 2.31. The fraction of sp³-hybridized carbons (Fsp3) is 0.500. The van der Waals surface area contributed by atoms with Crippen LogP contribution in [0.15, 0.2) is 18.2 Å². The van der Waals surface area contributed by atoms with Crippen LogP contribution in [0.2, 0.25) is 5.02 Å². The van der Waals surface area contributed by atoms with Gasteiger partial charge in [-0.15, -0.1) is 0 Å². The smallest absolute Gasteiger partial charge is 0.137 e. The Balaban J connectivity index is 2.06. The van der Waals surface area contributed by atoms with E-state index in [1.165, 1.54) is 0 Å². The van der Waals surface area contributed by atoms with Crippen LogP contribution in [0.3, 0.4) is 0 Å². The van der Waals surface area contributed by atoms with E-state index in [9.17, 15) is 0 Å². The standard InChI is InChI=1S/C12H17ClN2O2/c1-16-12-3-2-10(6-11(12)13)15-5-4-9(7-15)8-17-14/h2-3,6,9H,4-5,7-8,14H2,1H3. The molecule has 17 heavy (non-hydrogen) atoms. The minimum Gasteiger partial charge on any atom is -0.495 e. The average molecular weight is 257 g/mol. The summed E-state index contributed by atoms with van der Waals surface area (Å²) in [7, 11) is 1.62. The Labute approximate surface area is 106 Å². The van der Waals surface area contributed by atoms with Gasteiger partial charge in [0.05, 0.1) is 18.7 Å². The van der Waals surface area contributed by atoms with Crippen molar-refractivity contribution >= 4 is 17.3 Å². The summed E-state index contributed by atoms with van der Waals surface area (Å²) >= 11 is 6.11. The molecule has 0 radical (unpaired) electrons. The molecule has 1 aromatic rings. The van der Waals surface area contributed by atoms with E-state index >= 15 is 0 Å². The van der Waals surface area contributed by atoms with E-state index in [1.54, 1.807) is 7.11 Å². The lowest BCUT2D eigenvalue weighted by Gasteiger charge is -2.19. The van der Waals surface area contributed by atoms with Gasteiger partial charge in [0, 0.05) is 24.7 Å². The molecule has 1 saturated heterocycles. The Hall–Kier alpha value is -0.970. The van der Waals surface area contributed by atoms with Crippen molar-refractivity contribution < 1.29 is 9.57 Å². The Kier molecular flexibility index (Phi) is 4.10. The van der Waals surface area contributed by atoms with Gasteiger partial charge in [-0.2, -0.15) is 0 Å². The molecule has 1 fully saturated rings. The van der Waals surface area contributed by atoms with Crippen LogP contribution in [0.1, 0.15) is 6.42 Å². The highest BCUT2D eigenvalue weighted by molar-refractivity contribution is 6.32. The lowest BCUT2D eigenvalue weighted by Crippen LogP contribution is -2.21. The number of anilines is 1. The largest absolute Gasteiger partial charge is 0.495 e. The molecular formula is C12H17ClN2O2. The number of nitrogens with zero attached hydrogens (tertiary/aromatic N) is 1. The van der Waals surface area contributed by atoms with Gasteiger partial charge in [-0.1, -0.05) is 11.6 Å². The van der Waals surface area contributed by atoms with Crippen molar-refractivity contribution in [2.24, 2.45) is 11.8 Å². The quantitative estimate of drug-likeness (QED) is 0.838. The maximum absolute atomic E-state index is 6.11. The zero-order valence-electron chi connectivity index (χ0n) is 9.86. The molecule has 5 heteroatoms. The van der Waals surface area contributed by atoms with Crippen LogP contribution in [0.4, 0.5) is 5.69 Å². The number of nitrogens with two attached hydrogens (primary N) is 1. The first-order valence-corrected chi connectivity index (χ1v) is 6.02. The lowest BCUT2D eigenvalue weighted by atomic mass is 10.1. The van der Waals surface area contributed by atoms with Crippen molar-refractivity contribution in [3.05, 3.63) is 23.2 Å². The van der Waals surface area contributed by atoms with Gasteiger partial charge >= 0.3 is 0 Å². The van der Waals surface area contributed by atoms with Gasteiger partial charge in [0.1, 0.15) is 5.75 Å². The molecule has 0 amide bonds. The second kappa shape index (κ2) is 5.58. The van der Waals surface area contributed by atoms with Crippen LogP contribution >= 0.6 is 11.6 Å². The minimum absolute atomic E-state index is 0.501. The zero-order valence-corrected chi connectivity index (χ0v) is 10.6. The highest BCUT2D eigenvalue weighted by atomic mass is 35.5. The van der Waals surface area contributed by atoms with Crippen LogP contribution < -0.4 is 15.5 Å². The van der Waals surface area contributed by atoms with Crippen molar-refractivity contribution in [3.63, 3.8) is 0 Å². The number of hydrogen-bond acceptors (Lipinski definition) is 4. The van der Waals surface area contributed by atoms with Crippen LogP contribution in [0, 0.1) is 5.92 Å². The number of hydrogen-bond donors (Lipinski definition) is 1. The molecule has 2 rings (SSSR count). The average Bonchev–Trinajstić information content (AvgIpc) is 2.78. The van der Waals surface area contributed by atoms with Gasteiger partial charge in [-0.3, -0.25) is 0 Å². The molecule has 0 bridgehead atoms. The molecular weight excluding hydrogens is 240 g/mol. The predicted octanol–water partition coefficient (Wildman–Crippen LogP) is 2.07. The monoisotopic (exact) mass is 256 g/mol. The summed E-state index contributed by atoms with van der Waals surface area (Å²) in [5, 5.41) is 0.642. The zero-order chi connectivity index (χ0) is 12.3. The van der Waals surface area contributed by atoms with Crippen molar-refractivity contribution in [1.82, 2.24) is 0 Å². The third kappa shape index (κ3) is 2.83. The van der Waals surface area contributed by atoms with Crippen LogP contribution in [0.5, 0.6) is 5.75 Å². The number of rotatable bonds is 4. The van der Waals surface area contributed by atoms with Gasteiger partial charge < -0.3 is 14.5 Å². The molecule has 4 nitrogen and oxygen atoms in total. The third-order valence-electron chi connectivity index (χ3n) is 3.12. The Morgan fingerprint density at radius 3 is 3.00 bits per heavy atom. The Morgan fingerprint density at radius 2 is 2.35 bits per heavy atom. The number of benzene rings is 1. The SMILES string of the molecule is COc1ccc(N2CCC(CON)C2)cc1Cl. The van der Waals surface area contributed by atoms with E-state index in [-0.39, 0.29) is 0 Å². The van der Waals surface area contributed by atoms with Crippen molar-refractivity contribution in [2.45, 2.75) is 6.42 Å². The van der Waals surface area contributed by atoms with E-state index in [0.717, 1.165) is 25.2 Å². The summed E-state index contributed by atoms with van der Waals surface area (Å²) in [5.74, 6) is 6.30.